The van der Waals surface area contributed by atoms with Crippen molar-refractivity contribution in [3.05, 3.63) is 48.3 Å². The Hall–Kier alpha value is -3.26. The van der Waals surface area contributed by atoms with Gasteiger partial charge in [0.15, 0.2) is 17.5 Å². The van der Waals surface area contributed by atoms with Crippen LogP contribution in [-0.2, 0) is 11.3 Å². The third-order valence-electron chi connectivity index (χ3n) is 5.26. The van der Waals surface area contributed by atoms with E-state index < -0.39 is 0 Å². The Morgan fingerprint density at radius 2 is 2.00 bits per heavy atom. The molecule has 0 amide bonds. The Kier molecular flexibility index (Phi) is 7.45. The van der Waals surface area contributed by atoms with E-state index in [1.54, 1.807) is 7.11 Å². The Labute approximate surface area is 188 Å². The maximum Gasteiger partial charge on any atom is 0.195 e. The summed E-state index contributed by atoms with van der Waals surface area (Å²) < 4.78 is 18.9. The van der Waals surface area contributed by atoms with Crippen LogP contribution in [-0.4, -0.2) is 55.5 Å². The Balaban J connectivity index is 1.40. The second kappa shape index (κ2) is 10.9. The molecule has 0 saturated carbocycles. The fraction of sp³-hybridized carbons (Fsp3) is 0.417. The summed E-state index contributed by atoms with van der Waals surface area (Å²) in [5.41, 5.74) is 3.10. The van der Waals surface area contributed by atoms with Gasteiger partial charge in [0.25, 0.3) is 0 Å². The third kappa shape index (κ3) is 5.50. The second-order valence-corrected chi connectivity index (χ2v) is 7.64. The topological polar surface area (TPSA) is 81.9 Å². The number of methoxy groups -OCH3 is 1. The van der Waals surface area contributed by atoms with Crippen LogP contribution in [0.3, 0.4) is 0 Å². The second-order valence-electron chi connectivity index (χ2n) is 7.64. The van der Waals surface area contributed by atoms with Crippen LogP contribution < -0.4 is 20.1 Å². The minimum Gasteiger partial charge on any atom is -0.490 e. The van der Waals surface area contributed by atoms with Gasteiger partial charge in [0, 0.05) is 44.9 Å². The van der Waals surface area contributed by atoms with Gasteiger partial charge in [-0.15, -0.1) is 0 Å². The predicted molar refractivity (Wildman–Crippen MR) is 127 cm³/mol. The lowest BCUT2D eigenvalue weighted by molar-refractivity contribution is 0.204. The largest absolute Gasteiger partial charge is 0.490 e. The highest BCUT2D eigenvalue weighted by atomic mass is 16.5. The van der Waals surface area contributed by atoms with Crippen molar-refractivity contribution in [2.24, 2.45) is 4.99 Å². The number of hydrogen-bond donors (Lipinski definition) is 2. The maximum atomic E-state index is 5.80. The third-order valence-corrected chi connectivity index (χ3v) is 5.26. The molecule has 32 heavy (non-hydrogen) atoms. The lowest BCUT2D eigenvalue weighted by Gasteiger charge is -2.14. The van der Waals surface area contributed by atoms with Gasteiger partial charge in [-0.3, -0.25) is 4.99 Å². The zero-order chi connectivity index (χ0) is 22.2. The van der Waals surface area contributed by atoms with E-state index in [0.717, 1.165) is 53.4 Å². The van der Waals surface area contributed by atoms with E-state index in [2.05, 4.69) is 32.3 Å². The summed E-state index contributed by atoms with van der Waals surface area (Å²) in [6, 6.07) is 14.1. The van der Waals surface area contributed by atoms with Crippen LogP contribution in [0.4, 0.5) is 5.69 Å². The van der Waals surface area contributed by atoms with E-state index in [1.807, 2.05) is 37.3 Å². The normalized spacial score (nSPS) is 13.8. The highest BCUT2D eigenvalue weighted by molar-refractivity contribution is 5.94. The number of aromatic nitrogens is 2. The number of fused-ring (bicyclic) bond motifs is 2. The summed E-state index contributed by atoms with van der Waals surface area (Å²) in [6.45, 7) is 6.19. The average Bonchev–Trinajstić information content (AvgIpc) is 2.95. The first-order valence-corrected chi connectivity index (χ1v) is 11.1. The summed E-state index contributed by atoms with van der Waals surface area (Å²) in [7, 11) is 1.69. The molecule has 3 aromatic rings. The molecule has 0 radical (unpaired) electrons. The van der Waals surface area contributed by atoms with Gasteiger partial charge >= 0.3 is 0 Å². The zero-order valence-electron chi connectivity index (χ0n) is 18.8. The zero-order valence-corrected chi connectivity index (χ0v) is 18.8. The maximum absolute atomic E-state index is 5.80. The number of aryl methyl sites for hydroxylation is 2. The lowest BCUT2D eigenvalue weighted by Crippen LogP contribution is -2.33. The van der Waals surface area contributed by atoms with Crippen LogP contribution in [0.15, 0.2) is 47.5 Å². The average molecular weight is 438 g/mol. The SMILES string of the molecule is COCCNC(=NCCCn1c(C)nc2ccccc21)Nc1ccc2c(c1)OCCCO2. The molecule has 1 aliphatic rings. The van der Waals surface area contributed by atoms with Crippen molar-refractivity contribution in [3.63, 3.8) is 0 Å². The lowest BCUT2D eigenvalue weighted by atomic mass is 10.2. The molecule has 0 saturated heterocycles. The number of hydrogen-bond acceptors (Lipinski definition) is 5. The van der Waals surface area contributed by atoms with Crippen molar-refractivity contribution in [2.45, 2.75) is 26.3 Å². The Bertz CT molecular complexity index is 1060. The first-order chi connectivity index (χ1) is 15.7. The Morgan fingerprint density at radius 1 is 1.16 bits per heavy atom. The Morgan fingerprint density at radius 3 is 2.88 bits per heavy atom. The molecule has 1 aromatic heterocycles. The summed E-state index contributed by atoms with van der Waals surface area (Å²) >= 11 is 0. The number of imidazole rings is 1. The van der Waals surface area contributed by atoms with Crippen LogP contribution in [0.2, 0.25) is 0 Å². The van der Waals surface area contributed by atoms with Crippen LogP contribution in [0, 0.1) is 6.92 Å². The summed E-state index contributed by atoms with van der Waals surface area (Å²) in [5, 5.41) is 6.69. The molecule has 1 aliphatic heterocycles. The monoisotopic (exact) mass is 437 g/mol. The molecule has 0 spiro atoms. The van der Waals surface area contributed by atoms with Crippen LogP contribution >= 0.6 is 0 Å². The molecule has 2 N–H and O–H groups in total. The van der Waals surface area contributed by atoms with E-state index in [4.69, 9.17) is 19.2 Å². The first-order valence-electron chi connectivity index (χ1n) is 11.1. The van der Waals surface area contributed by atoms with E-state index in [0.29, 0.717) is 38.9 Å². The van der Waals surface area contributed by atoms with Crippen molar-refractivity contribution in [1.29, 1.82) is 0 Å². The van der Waals surface area contributed by atoms with Crippen molar-refractivity contribution in [3.8, 4) is 11.5 Å². The minimum absolute atomic E-state index is 0.599. The van der Waals surface area contributed by atoms with Crippen molar-refractivity contribution >= 4 is 22.7 Å². The molecule has 0 unspecified atom stereocenters. The van der Waals surface area contributed by atoms with Crippen molar-refractivity contribution < 1.29 is 14.2 Å². The molecule has 2 heterocycles. The van der Waals surface area contributed by atoms with Gasteiger partial charge in [-0.2, -0.15) is 0 Å². The van der Waals surface area contributed by atoms with Gasteiger partial charge in [-0.1, -0.05) is 12.1 Å². The van der Waals surface area contributed by atoms with Gasteiger partial charge in [0.05, 0.1) is 30.9 Å². The molecule has 0 fully saturated rings. The number of nitrogens with one attached hydrogen (secondary N) is 2. The van der Waals surface area contributed by atoms with E-state index in [1.165, 1.54) is 0 Å². The first kappa shape index (κ1) is 22.0. The highest BCUT2D eigenvalue weighted by Gasteiger charge is 2.11. The smallest absolute Gasteiger partial charge is 0.195 e. The van der Waals surface area contributed by atoms with Crippen LogP contribution in [0.25, 0.3) is 11.0 Å². The van der Waals surface area contributed by atoms with Gasteiger partial charge in [0.2, 0.25) is 0 Å². The standard InChI is InChI=1S/C24H31N5O3/c1-18-27-20-7-3-4-8-21(20)29(18)13-5-11-25-24(26-12-16-30-2)28-19-9-10-22-23(17-19)32-15-6-14-31-22/h3-4,7-10,17H,5-6,11-16H2,1-2H3,(H2,25,26,28). The molecule has 170 valence electrons. The molecule has 0 atom stereocenters. The van der Waals surface area contributed by atoms with Gasteiger partial charge in [0.1, 0.15) is 5.82 Å². The fourth-order valence-corrected chi connectivity index (χ4v) is 3.69. The van der Waals surface area contributed by atoms with Crippen LogP contribution in [0.1, 0.15) is 18.7 Å². The number of benzene rings is 2. The number of aliphatic imine (C=N–C) groups is 1. The quantitative estimate of drug-likeness (QED) is 0.318. The molecule has 8 nitrogen and oxygen atoms in total. The van der Waals surface area contributed by atoms with E-state index in [9.17, 15) is 0 Å². The number of nitrogens with zero attached hydrogens (tertiary/aromatic N) is 3. The van der Waals surface area contributed by atoms with Crippen molar-refractivity contribution in [1.82, 2.24) is 14.9 Å². The number of rotatable bonds is 8. The number of anilines is 1. The number of ether oxygens (including phenoxy) is 3. The van der Waals surface area contributed by atoms with E-state index >= 15 is 0 Å². The number of para-hydroxylation sites is 2. The van der Waals surface area contributed by atoms with Crippen molar-refractivity contribution in [2.75, 3.05) is 45.3 Å². The summed E-state index contributed by atoms with van der Waals surface area (Å²) in [4.78, 5) is 9.40. The molecule has 0 bridgehead atoms. The molecule has 8 heteroatoms. The van der Waals surface area contributed by atoms with E-state index in [-0.39, 0.29) is 0 Å². The molecule has 0 aliphatic carbocycles. The molecule has 4 rings (SSSR count). The number of guanidine groups is 1. The van der Waals surface area contributed by atoms with Gasteiger partial charge in [-0.05, 0) is 37.6 Å². The molecular weight excluding hydrogens is 406 g/mol. The fourth-order valence-electron chi connectivity index (χ4n) is 3.69. The highest BCUT2D eigenvalue weighted by Crippen LogP contribution is 2.32. The van der Waals surface area contributed by atoms with Gasteiger partial charge < -0.3 is 29.4 Å². The summed E-state index contributed by atoms with van der Waals surface area (Å²) in [6.07, 6.45) is 1.79. The molecular formula is C24H31N5O3. The summed E-state index contributed by atoms with van der Waals surface area (Å²) in [5.74, 6) is 3.27. The molecule has 2 aromatic carbocycles. The minimum atomic E-state index is 0.599. The van der Waals surface area contributed by atoms with Crippen LogP contribution in [0.5, 0.6) is 11.5 Å². The predicted octanol–water partition coefficient (Wildman–Crippen LogP) is 3.60. The van der Waals surface area contributed by atoms with Gasteiger partial charge in [-0.25, -0.2) is 4.98 Å².